The molecular weight excluding hydrogens is 310 g/mol. The fourth-order valence-corrected chi connectivity index (χ4v) is 4.39. The molecule has 0 amide bonds. The van der Waals surface area contributed by atoms with Gasteiger partial charge in [-0.15, -0.1) is 0 Å². The van der Waals surface area contributed by atoms with Gasteiger partial charge < -0.3 is 5.73 Å². The van der Waals surface area contributed by atoms with Crippen LogP contribution in [0.1, 0.15) is 20.8 Å². The molecule has 0 atom stereocenters. The Morgan fingerprint density at radius 2 is 1.71 bits per heavy atom. The predicted octanol–water partition coefficient (Wildman–Crippen LogP) is 2.03. The fraction of sp³-hybridized carbons (Fsp3) is 0.571. The number of nitrogen functional groups attached to an aromatic ring is 1. The Bertz CT molecular complexity index is 618. The summed E-state index contributed by atoms with van der Waals surface area (Å²) in [5.41, 5.74) is 6.12. The summed E-state index contributed by atoms with van der Waals surface area (Å²) in [7, 11) is -3.59. The number of halogens is 1. The SMILES string of the molecule is CC(C)(C)N1CCN(S(=O)(=O)c2cc(N)ccc2Cl)CC1. The van der Waals surface area contributed by atoms with E-state index in [4.69, 9.17) is 17.3 Å². The summed E-state index contributed by atoms with van der Waals surface area (Å²) in [4.78, 5) is 2.37. The highest BCUT2D eigenvalue weighted by Gasteiger charge is 2.33. The van der Waals surface area contributed by atoms with E-state index >= 15 is 0 Å². The quantitative estimate of drug-likeness (QED) is 0.842. The third-order valence-corrected chi connectivity index (χ3v) is 6.14. The van der Waals surface area contributed by atoms with Crippen LogP contribution in [0.4, 0.5) is 5.69 Å². The van der Waals surface area contributed by atoms with Gasteiger partial charge in [-0.2, -0.15) is 4.31 Å². The maximum atomic E-state index is 12.7. The topological polar surface area (TPSA) is 66.6 Å². The molecule has 1 fully saturated rings. The fourth-order valence-electron chi connectivity index (χ4n) is 2.46. The molecule has 1 aromatic rings. The molecule has 5 nitrogen and oxygen atoms in total. The van der Waals surface area contributed by atoms with Gasteiger partial charge in [-0.25, -0.2) is 8.42 Å². The lowest BCUT2D eigenvalue weighted by molar-refractivity contribution is 0.0922. The summed E-state index contributed by atoms with van der Waals surface area (Å²) < 4.78 is 26.9. The van der Waals surface area contributed by atoms with Gasteiger partial charge in [0.05, 0.1) is 5.02 Å². The number of benzene rings is 1. The average Bonchev–Trinajstić information content (AvgIpc) is 2.40. The average molecular weight is 332 g/mol. The Balaban J connectivity index is 2.21. The first-order chi connectivity index (χ1) is 9.62. The zero-order chi connectivity index (χ0) is 15.8. The monoisotopic (exact) mass is 331 g/mol. The van der Waals surface area contributed by atoms with E-state index in [1.165, 1.54) is 16.4 Å². The standard InChI is InChI=1S/C14H22ClN3O2S/c1-14(2,3)17-6-8-18(9-7-17)21(19,20)13-10-11(16)4-5-12(13)15/h4-5,10H,6-9,16H2,1-3H3. The van der Waals surface area contributed by atoms with Crippen LogP contribution in [0.3, 0.4) is 0 Å². The highest BCUT2D eigenvalue weighted by Crippen LogP contribution is 2.28. The van der Waals surface area contributed by atoms with Crippen molar-refractivity contribution in [3.8, 4) is 0 Å². The van der Waals surface area contributed by atoms with E-state index in [9.17, 15) is 8.42 Å². The number of hydrogen-bond donors (Lipinski definition) is 1. The first kappa shape index (κ1) is 16.5. The van der Waals surface area contributed by atoms with Gasteiger partial charge in [0, 0.05) is 37.4 Å². The molecule has 0 radical (unpaired) electrons. The van der Waals surface area contributed by atoms with Gasteiger partial charge in [-0.3, -0.25) is 4.90 Å². The Morgan fingerprint density at radius 1 is 1.14 bits per heavy atom. The zero-order valence-electron chi connectivity index (χ0n) is 12.6. The molecule has 1 aliphatic heterocycles. The van der Waals surface area contributed by atoms with Gasteiger partial charge in [0.15, 0.2) is 0 Å². The van der Waals surface area contributed by atoms with Crippen molar-refractivity contribution in [2.45, 2.75) is 31.2 Å². The highest BCUT2D eigenvalue weighted by molar-refractivity contribution is 7.89. The molecule has 0 saturated carbocycles. The maximum Gasteiger partial charge on any atom is 0.244 e. The maximum absolute atomic E-state index is 12.7. The summed E-state index contributed by atoms with van der Waals surface area (Å²) in [6, 6.07) is 4.54. The normalized spacial score (nSPS) is 18.9. The molecule has 1 heterocycles. The van der Waals surface area contributed by atoms with Crippen molar-refractivity contribution in [3.05, 3.63) is 23.2 Å². The number of sulfonamides is 1. The Hall–Kier alpha value is -0.820. The minimum atomic E-state index is -3.59. The minimum Gasteiger partial charge on any atom is -0.399 e. The molecule has 21 heavy (non-hydrogen) atoms. The van der Waals surface area contributed by atoms with Crippen LogP contribution in [0.5, 0.6) is 0 Å². The first-order valence-electron chi connectivity index (χ1n) is 6.92. The number of nitrogens with two attached hydrogens (primary N) is 1. The number of anilines is 1. The second kappa shape index (κ2) is 5.76. The van der Waals surface area contributed by atoms with E-state index in [2.05, 4.69) is 25.7 Å². The van der Waals surface area contributed by atoms with Gasteiger partial charge in [0.25, 0.3) is 0 Å². The first-order valence-corrected chi connectivity index (χ1v) is 8.74. The Labute approximate surface area is 131 Å². The lowest BCUT2D eigenvalue weighted by Gasteiger charge is -2.41. The van der Waals surface area contributed by atoms with Gasteiger partial charge in [0.1, 0.15) is 4.90 Å². The van der Waals surface area contributed by atoms with Crippen molar-refractivity contribution in [2.75, 3.05) is 31.9 Å². The molecule has 2 rings (SSSR count). The molecule has 118 valence electrons. The smallest absolute Gasteiger partial charge is 0.244 e. The van der Waals surface area contributed by atoms with Crippen LogP contribution < -0.4 is 5.73 Å². The molecule has 1 aromatic carbocycles. The van der Waals surface area contributed by atoms with Crippen LogP contribution in [-0.4, -0.2) is 49.3 Å². The van der Waals surface area contributed by atoms with E-state index in [1.807, 2.05) is 0 Å². The van der Waals surface area contributed by atoms with E-state index in [0.717, 1.165) is 0 Å². The van der Waals surface area contributed by atoms with Gasteiger partial charge in [0.2, 0.25) is 10.0 Å². The molecule has 0 aliphatic carbocycles. The summed E-state index contributed by atoms with van der Waals surface area (Å²) in [6.45, 7) is 8.74. The number of hydrogen-bond acceptors (Lipinski definition) is 4. The van der Waals surface area contributed by atoms with Crippen LogP contribution in [0.25, 0.3) is 0 Å². The summed E-state index contributed by atoms with van der Waals surface area (Å²) >= 11 is 6.03. The van der Waals surface area contributed by atoms with E-state index < -0.39 is 10.0 Å². The van der Waals surface area contributed by atoms with Crippen molar-refractivity contribution in [1.82, 2.24) is 9.21 Å². The number of nitrogens with zero attached hydrogens (tertiary/aromatic N) is 2. The number of piperazine rings is 1. The van der Waals surface area contributed by atoms with Crippen molar-refractivity contribution in [3.63, 3.8) is 0 Å². The lowest BCUT2D eigenvalue weighted by atomic mass is 10.1. The molecule has 2 N–H and O–H groups in total. The van der Waals surface area contributed by atoms with Crippen LogP contribution in [0.15, 0.2) is 23.1 Å². The lowest BCUT2D eigenvalue weighted by Crippen LogP contribution is -2.54. The van der Waals surface area contributed by atoms with Gasteiger partial charge in [-0.05, 0) is 39.0 Å². The van der Waals surface area contributed by atoms with E-state index in [-0.39, 0.29) is 15.5 Å². The molecule has 0 bridgehead atoms. The molecule has 1 aliphatic rings. The van der Waals surface area contributed by atoms with Crippen molar-refractivity contribution in [2.24, 2.45) is 0 Å². The molecule has 1 saturated heterocycles. The molecule has 0 aromatic heterocycles. The van der Waals surface area contributed by atoms with Gasteiger partial charge in [-0.1, -0.05) is 11.6 Å². The summed E-state index contributed by atoms with van der Waals surface area (Å²) in [6.07, 6.45) is 0. The van der Waals surface area contributed by atoms with E-state index in [1.54, 1.807) is 6.07 Å². The molecule has 7 heteroatoms. The largest absolute Gasteiger partial charge is 0.399 e. The van der Waals surface area contributed by atoms with Gasteiger partial charge >= 0.3 is 0 Å². The molecular formula is C14H22ClN3O2S. The predicted molar refractivity (Wildman–Crippen MR) is 85.9 cm³/mol. The second-order valence-electron chi connectivity index (χ2n) is 6.25. The highest BCUT2D eigenvalue weighted by atomic mass is 35.5. The van der Waals surface area contributed by atoms with Crippen LogP contribution >= 0.6 is 11.6 Å². The second-order valence-corrected chi connectivity index (χ2v) is 8.57. The zero-order valence-corrected chi connectivity index (χ0v) is 14.2. The molecule has 0 spiro atoms. The Morgan fingerprint density at radius 3 is 2.24 bits per heavy atom. The minimum absolute atomic E-state index is 0.0463. The van der Waals surface area contributed by atoms with E-state index in [0.29, 0.717) is 31.9 Å². The Kier molecular flexibility index (Phi) is 4.54. The van der Waals surface area contributed by atoms with Crippen molar-refractivity contribution >= 4 is 27.3 Å². The van der Waals surface area contributed by atoms with Crippen molar-refractivity contribution in [1.29, 1.82) is 0 Å². The van der Waals surface area contributed by atoms with Crippen LogP contribution in [-0.2, 0) is 10.0 Å². The molecule has 0 unspecified atom stereocenters. The third kappa shape index (κ3) is 3.51. The van der Waals surface area contributed by atoms with Crippen LogP contribution in [0, 0.1) is 0 Å². The van der Waals surface area contributed by atoms with Crippen molar-refractivity contribution < 1.29 is 8.42 Å². The van der Waals surface area contributed by atoms with Crippen LogP contribution in [0.2, 0.25) is 5.02 Å². The number of rotatable bonds is 2. The summed E-state index contributed by atoms with van der Waals surface area (Å²) in [5, 5.41) is 0.211. The summed E-state index contributed by atoms with van der Waals surface area (Å²) in [5.74, 6) is 0. The third-order valence-electron chi connectivity index (χ3n) is 3.76.